The number of carboxylic acid groups (broad SMARTS) is 1. The van der Waals surface area contributed by atoms with Crippen molar-refractivity contribution in [1.29, 1.82) is 0 Å². The molecule has 1 heterocycles. The van der Waals surface area contributed by atoms with Gasteiger partial charge >= 0.3 is 5.97 Å². The fraction of sp³-hybridized carbons (Fsp3) is 0.308. The highest BCUT2D eigenvalue weighted by Gasteiger charge is 2.30. The molecule has 5 heteroatoms. The van der Waals surface area contributed by atoms with Gasteiger partial charge in [-0.05, 0) is 24.6 Å². The molecule has 1 saturated heterocycles. The third kappa shape index (κ3) is 2.11. The molecule has 0 aliphatic carbocycles. The Labute approximate surface area is 104 Å². The molecule has 1 aliphatic rings. The van der Waals surface area contributed by atoms with Crippen molar-refractivity contribution in [3.05, 3.63) is 29.8 Å². The number of hydrogen-bond donors (Lipinski definition) is 1. The average Bonchev–Trinajstić information content (AvgIpc) is 2.68. The number of imide groups is 1. The zero-order valence-corrected chi connectivity index (χ0v) is 9.92. The van der Waals surface area contributed by atoms with Crippen LogP contribution in [0.1, 0.15) is 31.2 Å². The Morgan fingerprint density at radius 2 is 1.67 bits per heavy atom. The molecular formula is C13H13NO4. The summed E-state index contributed by atoms with van der Waals surface area (Å²) >= 11 is 0. The summed E-state index contributed by atoms with van der Waals surface area (Å²) in [5, 5.41) is 8.88. The Morgan fingerprint density at radius 1 is 1.17 bits per heavy atom. The normalized spacial score (nSPS) is 17.1. The maximum atomic E-state index is 11.5. The molecular weight excluding hydrogens is 234 g/mol. The summed E-state index contributed by atoms with van der Waals surface area (Å²) < 4.78 is 0. The zero-order valence-electron chi connectivity index (χ0n) is 9.92. The van der Waals surface area contributed by atoms with E-state index >= 15 is 0 Å². The summed E-state index contributed by atoms with van der Waals surface area (Å²) in [6.07, 6.45) is 0.484. The molecule has 0 unspecified atom stereocenters. The number of aliphatic carboxylic acids is 1. The van der Waals surface area contributed by atoms with E-state index in [9.17, 15) is 14.4 Å². The van der Waals surface area contributed by atoms with Crippen LogP contribution in [0.3, 0.4) is 0 Å². The molecule has 1 atom stereocenters. The van der Waals surface area contributed by atoms with Crippen LogP contribution in [0.15, 0.2) is 24.3 Å². The number of carbonyl (C=O) groups excluding carboxylic acids is 2. The molecule has 0 aromatic heterocycles. The second kappa shape index (κ2) is 4.60. The topological polar surface area (TPSA) is 74.7 Å². The fourth-order valence-corrected chi connectivity index (χ4v) is 1.92. The van der Waals surface area contributed by atoms with Gasteiger partial charge in [-0.25, -0.2) is 0 Å². The van der Waals surface area contributed by atoms with E-state index in [-0.39, 0.29) is 24.7 Å². The summed E-state index contributed by atoms with van der Waals surface area (Å²) in [5.41, 5.74) is 1.15. The van der Waals surface area contributed by atoms with E-state index in [4.69, 9.17) is 5.11 Å². The largest absolute Gasteiger partial charge is 0.481 e. The Morgan fingerprint density at radius 3 is 2.11 bits per heavy atom. The van der Waals surface area contributed by atoms with Gasteiger partial charge in [-0.15, -0.1) is 0 Å². The van der Waals surface area contributed by atoms with E-state index in [0.717, 1.165) is 4.90 Å². The van der Waals surface area contributed by atoms with Crippen molar-refractivity contribution in [2.75, 3.05) is 4.90 Å². The second-order valence-corrected chi connectivity index (χ2v) is 4.27. The highest BCUT2D eigenvalue weighted by Crippen LogP contribution is 2.25. The smallest absolute Gasteiger partial charge is 0.310 e. The van der Waals surface area contributed by atoms with E-state index in [1.807, 2.05) is 0 Å². The summed E-state index contributed by atoms with van der Waals surface area (Å²) in [5.74, 6) is -1.93. The second-order valence-electron chi connectivity index (χ2n) is 4.27. The molecule has 0 saturated carbocycles. The van der Waals surface area contributed by atoms with Gasteiger partial charge in [0.25, 0.3) is 0 Å². The first-order chi connectivity index (χ1) is 8.50. The maximum absolute atomic E-state index is 11.5. The minimum absolute atomic E-state index is 0.209. The van der Waals surface area contributed by atoms with Gasteiger partial charge in [0.15, 0.2) is 0 Å². The van der Waals surface area contributed by atoms with Crippen molar-refractivity contribution in [2.24, 2.45) is 0 Å². The molecule has 18 heavy (non-hydrogen) atoms. The van der Waals surface area contributed by atoms with Gasteiger partial charge in [-0.1, -0.05) is 12.1 Å². The Hall–Kier alpha value is -2.17. The van der Waals surface area contributed by atoms with Crippen LogP contribution in [0, 0.1) is 0 Å². The summed E-state index contributed by atoms with van der Waals surface area (Å²) in [6.45, 7) is 1.59. The van der Waals surface area contributed by atoms with Crippen molar-refractivity contribution in [3.8, 4) is 0 Å². The first kappa shape index (κ1) is 12.3. The molecule has 2 rings (SSSR count). The number of carbonyl (C=O) groups is 3. The molecule has 1 N–H and O–H groups in total. The van der Waals surface area contributed by atoms with Crippen molar-refractivity contribution >= 4 is 23.5 Å². The van der Waals surface area contributed by atoms with E-state index in [1.54, 1.807) is 31.2 Å². The Kier molecular flexibility index (Phi) is 3.14. The van der Waals surface area contributed by atoms with Crippen LogP contribution in [0.2, 0.25) is 0 Å². The van der Waals surface area contributed by atoms with Gasteiger partial charge in [0.1, 0.15) is 0 Å². The lowest BCUT2D eigenvalue weighted by Gasteiger charge is -2.15. The van der Waals surface area contributed by atoms with Crippen LogP contribution in [0.25, 0.3) is 0 Å². The minimum Gasteiger partial charge on any atom is -0.481 e. The first-order valence-electron chi connectivity index (χ1n) is 5.69. The van der Waals surface area contributed by atoms with Crippen LogP contribution in [0.4, 0.5) is 5.69 Å². The molecule has 5 nitrogen and oxygen atoms in total. The number of hydrogen-bond acceptors (Lipinski definition) is 3. The van der Waals surface area contributed by atoms with Gasteiger partial charge in [0.2, 0.25) is 11.8 Å². The lowest BCUT2D eigenvalue weighted by atomic mass is 10.0. The highest BCUT2D eigenvalue weighted by atomic mass is 16.4. The number of rotatable bonds is 3. The van der Waals surface area contributed by atoms with Crippen molar-refractivity contribution in [1.82, 2.24) is 0 Å². The number of nitrogens with zero attached hydrogens (tertiary/aromatic N) is 1. The third-order valence-electron chi connectivity index (χ3n) is 3.07. The monoisotopic (exact) mass is 247 g/mol. The van der Waals surface area contributed by atoms with Gasteiger partial charge < -0.3 is 5.11 Å². The van der Waals surface area contributed by atoms with Crippen molar-refractivity contribution < 1.29 is 19.5 Å². The van der Waals surface area contributed by atoms with Crippen LogP contribution in [0.5, 0.6) is 0 Å². The van der Waals surface area contributed by atoms with Crippen molar-refractivity contribution in [3.63, 3.8) is 0 Å². The van der Waals surface area contributed by atoms with Gasteiger partial charge in [0.05, 0.1) is 11.6 Å². The average molecular weight is 247 g/mol. The van der Waals surface area contributed by atoms with E-state index in [2.05, 4.69) is 0 Å². The fourth-order valence-electron chi connectivity index (χ4n) is 1.92. The predicted octanol–water partition coefficient (Wildman–Crippen LogP) is 1.53. The lowest BCUT2D eigenvalue weighted by Crippen LogP contribution is -2.28. The van der Waals surface area contributed by atoms with Crippen LogP contribution >= 0.6 is 0 Å². The molecule has 0 radical (unpaired) electrons. The first-order valence-corrected chi connectivity index (χ1v) is 5.69. The summed E-state index contributed by atoms with van der Waals surface area (Å²) in [6, 6.07) is 6.48. The number of amides is 2. The van der Waals surface area contributed by atoms with E-state index < -0.39 is 11.9 Å². The van der Waals surface area contributed by atoms with Crippen LogP contribution in [-0.4, -0.2) is 22.9 Å². The van der Waals surface area contributed by atoms with Crippen molar-refractivity contribution in [2.45, 2.75) is 25.7 Å². The SMILES string of the molecule is C[C@H](C(=O)O)c1ccc(N2C(=O)CCC2=O)cc1. The van der Waals surface area contributed by atoms with Crippen LogP contribution < -0.4 is 4.90 Å². The van der Waals surface area contributed by atoms with Gasteiger partial charge in [0, 0.05) is 12.8 Å². The quantitative estimate of drug-likeness (QED) is 0.822. The van der Waals surface area contributed by atoms with E-state index in [1.165, 1.54) is 0 Å². The van der Waals surface area contributed by atoms with Gasteiger partial charge in [-0.2, -0.15) is 0 Å². The molecule has 0 spiro atoms. The predicted molar refractivity (Wildman–Crippen MR) is 64.2 cm³/mol. The number of anilines is 1. The zero-order chi connectivity index (χ0) is 13.3. The van der Waals surface area contributed by atoms with Crippen LogP contribution in [-0.2, 0) is 14.4 Å². The molecule has 94 valence electrons. The number of benzene rings is 1. The number of carboxylic acids is 1. The summed E-state index contributed by atoms with van der Waals surface area (Å²) in [7, 11) is 0. The van der Waals surface area contributed by atoms with E-state index in [0.29, 0.717) is 11.3 Å². The highest BCUT2D eigenvalue weighted by molar-refractivity contribution is 6.19. The minimum atomic E-state index is -0.906. The molecule has 1 aliphatic heterocycles. The molecule has 1 aromatic rings. The molecule has 1 fully saturated rings. The third-order valence-corrected chi connectivity index (χ3v) is 3.07. The molecule has 1 aromatic carbocycles. The maximum Gasteiger partial charge on any atom is 0.310 e. The Balaban J connectivity index is 2.25. The summed E-state index contributed by atoms with van der Waals surface area (Å²) in [4.78, 5) is 35.0. The standard InChI is InChI=1S/C13H13NO4/c1-8(13(17)18)9-2-4-10(5-3-9)14-11(15)6-7-12(14)16/h2-5,8H,6-7H2,1H3,(H,17,18)/t8-/m0/s1. The molecule has 2 amide bonds. The molecule has 0 bridgehead atoms. The Bertz CT molecular complexity index is 490. The van der Waals surface area contributed by atoms with Gasteiger partial charge in [-0.3, -0.25) is 19.3 Å². The lowest BCUT2D eigenvalue weighted by molar-refractivity contribution is -0.138.